The molecule has 7 heteroatoms. The summed E-state index contributed by atoms with van der Waals surface area (Å²) in [4.78, 5) is 12.7. The van der Waals surface area contributed by atoms with Gasteiger partial charge in [0.25, 0.3) is 0 Å². The highest BCUT2D eigenvalue weighted by atomic mass is 32.2. The Labute approximate surface area is 162 Å². The summed E-state index contributed by atoms with van der Waals surface area (Å²) in [6.07, 6.45) is 3.97. The van der Waals surface area contributed by atoms with Gasteiger partial charge in [0.15, 0.2) is 0 Å². The van der Waals surface area contributed by atoms with Crippen LogP contribution >= 0.6 is 11.3 Å². The lowest BCUT2D eigenvalue weighted by molar-refractivity contribution is 0.424. The van der Waals surface area contributed by atoms with Crippen molar-refractivity contribution >= 4 is 31.6 Å². The molecule has 4 rings (SSSR count). The number of hydrogen-bond donors (Lipinski definition) is 0. The first-order valence-electron chi connectivity index (χ1n) is 9.23. The number of benzene rings is 2. The molecule has 0 bridgehead atoms. The summed E-state index contributed by atoms with van der Waals surface area (Å²) in [5, 5.41) is 0. The van der Waals surface area contributed by atoms with E-state index in [1.54, 1.807) is 27.1 Å². The maximum atomic E-state index is 13.0. The topological polar surface area (TPSA) is 59.4 Å². The molecule has 142 valence electrons. The van der Waals surface area contributed by atoms with E-state index in [0.717, 1.165) is 48.1 Å². The van der Waals surface area contributed by atoms with Gasteiger partial charge in [-0.25, -0.2) is 8.42 Å². The van der Waals surface area contributed by atoms with Crippen LogP contribution in [0.3, 0.4) is 0 Å². The van der Waals surface area contributed by atoms with Crippen LogP contribution in [0.5, 0.6) is 0 Å². The van der Waals surface area contributed by atoms with E-state index in [4.69, 9.17) is 0 Å². The molecule has 5 nitrogen and oxygen atoms in total. The molecule has 1 aliphatic heterocycles. The Bertz CT molecular complexity index is 1090. The molecular formula is C20H22N2O3S2. The summed E-state index contributed by atoms with van der Waals surface area (Å²) in [6.45, 7) is 1.63. The van der Waals surface area contributed by atoms with Crippen LogP contribution in [0.15, 0.2) is 58.2 Å². The van der Waals surface area contributed by atoms with Gasteiger partial charge in [0.05, 0.1) is 21.7 Å². The van der Waals surface area contributed by atoms with Crippen molar-refractivity contribution in [3.63, 3.8) is 0 Å². The van der Waals surface area contributed by atoms with Crippen molar-refractivity contribution in [2.75, 3.05) is 13.1 Å². The fourth-order valence-corrected chi connectivity index (χ4v) is 6.10. The summed E-state index contributed by atoms with van der Waals surface area (Å²) in [6, 6.07) is 14.8. The third-order valence-corrected chi connectivity index (χ3v) is 7.86. The standard InChI is InChI=1S/C20H22N2O3S2/c23-20-22(15-16-8-4-3-5-9-16)18-11-10-17(14-19(18)26-20)27(24,25)21-12-6-1-2-7-13-21/h3-5,8-11,14H,1-2,6-7,12-13,15H2. The van der Waals surface area contributed by atoms with Gasteiger partial charge in [-0.3, -0.25) is 9.36 Å². The molecule has 0 spiro atoms. The van der Waals surface area contributed by atoms with Gasteiger partial charge in [0.2, 0.25) is 10.0 Å². The second-order valence-corrected chi connectivity index (χ2v) is 9.82. The highest BCUT2D eigenvalue weighted by Gasteiger charge is 2.25. The summed E-state index contributed by atoms with van der Waals surface area (Å²) in [5.41, 5.74) is 1.82. The minimum absolute atomic E-state index is 0.0711. The first-order valence-corrected chi connectivity index (χ1v) is 11.5. The van der Waals surface area contributed by atoms with Crippen LogP contribution in [0.25, 0.3) is 10.2 Å². The van der Waals surface area contributed by atoms with Gasteiger partial charge in [-0.1, -0.05) is 54.5 Å². The van der Waals surface area contributed by atoms with Crippen LogP contribution in [0.1, 0.15) is 31.2 Å². The maximum absolute atomic E-state index is 13.0. The van der Waals surface area contributed by atoms with Gasteiger partial charge < -0.3 is 0 Å². The summed E-state index contributed by atoms with van der Waals surface area (Å²) in [7, 11) is -3.51. The maximum Gasteiger partial charge on any atom is 0.308 e. The van der Waals surface area contributed by atoms with Crippen molar-refractivity contribution in [2.24, 2.45) is 0 Å². The van der Waals surface area contributed by atoms with Crippen molar-refractivity contribution in [1.82, 2.24) is 8.87 Å². The SMILES string of the molecule is O=c1sc2cc(S(=O)(=O)N3CCCCCC3)ccc2n1Cc1ccccc1. The van der Waals surface area contributed by atoms with E-state index in [1.165, 1.54) is 0 Å². The molecule has 1 aliphatic rings. The number of rotatable bonds is 4. The van der Waals surface area contributed by atoms with Crippen molar-refractivity contribution in [1.29, 1.82) is 0 Å². The molecule has 3 aromatic rings. The molecule has 2 heterocycles. The molecule has 1 saturated heterocycles. The molecule has 1 aromatic heterocycles. The average Bonchev–Trinajstić information content (AvgIpc) is 2.85. The van der Waals surface area contributed by atoms with Crippen molar-refractivity contribution in [3.05, 3.63) is 63.8 Å². The minimum atomic E-state index is -3.51. The minimum Gasteiger partial charge on any atom is -0.294 e. The van der Waals surface area contributed by atoms with Crippen molar-refractivity contribution in [3.8, 4) is 0 Å². The Morgan fingerprint density at radius 1 is 0.926 bits per heavy atom. The number of fused-ring (bicyclic) bond motifs is 1. The Hall–Kier alpha value is -1.96. The van der Waals surface area contributed by atoms with Crippen LogP contribution in [0.2, 0.25) is 0 Å². The molecular weight excluding hydrogens is 380 g/mol. The van der Waals surface area contributed by atoms with E-state index < -0.39 is 10.0 Å². The van der Waals surface area contributed by atoms with Gasteiger partial charge in [-0.05, 0) is 36.6 Å². The van der Waals surface area contributed by atoms with Gasteiger partial charge in [-0.15, -0.1) is 0 Å². The zero-order valence-electron chi connectivity index (χ0n) is 15.0. The Morgan fingerprint density at radius 3 is 2.33 bits per heavy atom. The summed E-state index contributed by atoms with van der Waals surface area (Å²) < 4.78 is 30.0. The fraction of sp³-hybridized carbons (Fsp3) is 0.350. The molecule has 27 heavy (non-hydrogen) atoms. The monoisotopic (exact) mass is 402 g/mol. The number of hydrogen-bond acceptors (Lipinski definition) is 4. The molecule has 0 amide bonds. The largest absolute Gasteiger partial charge is 0.308 e. The van der Waals surface area contributed by atoms with E-state index in [9.17, 15) is 13.2 Å². The Morgan fingerprint density at radius 2 is 1.63 bits per heavy atom. The highest BCUT2D eigenvalue weighted by molar-refractivity contribution is 7.89. The first kappa shape index (κ1) is 18.4. The predicted octanol–water partition coefficient (Wildman–Crippen LogP) is 3.68. The molecule has 0 atom stereocenters. The number of thiazole rings is 1. The molecule has 1 fully saturated rings. The Kier molecular flexibility index (Phi) is 5.16. The van der Waals surface area contributed by atoms with E-state index in [-0.39, 0.29) is 9.77 Å². The van der Waals surface area contributed by atoms with Gasteiger partial charge >= 0.3 is 4.87 Å². The molecule has 0 aliphatic carbocycles. The van der Waals surface area contributed by atoms with Gasteiger partial charge in [-0.2, -0.15) is 4.31 Å². The van der Waals surface area contributed by atoms with Gasteiger partial charge in [0.1, 0.15) is 0 Å². The quantitative estimate of drug-likeness (QED) is 0.669. The second kappa shape index (κ2) is 7.58. The van der Waals surface area contributed by atoms with Crippen LogP contribution in [0, 0.1) is 0 Å². The van der Waals surface area contributed by atoms with Gasteiger partial charge in [0, 0.05) is 13.1 Å². The average molecular weight is 403 g/mol. The predicted molar refractivity (Wildman–Crippen MR) is 109 cm³/mol. The lowest BCUT2D eigenvalue weighted by Crippen LogP contribution is -2.31. The van der Waals surface area contributed by atoms with Crippen molar-refractivity contribution < 1.29 is 8.42 Å². The highest BCUT2D eigenvalue weighted by Crippen LogP contribution is 2.26. The van der Waals surface area contributed by atoms with E-state index >= 15 is 0 Å². The first-order chi connectivity index (χ1) is 13.1. The third-order valence-electron chi connectivity index (χ3n) is 5.03. The number of aromatic nitrogens is 1. The van der Waals surface area contributed by atoms with Crippen LogP contribution in [0.4, 0.5) is 0 Å². The molecule has 0 N–H and O–H groups in total. The third kappa shape index (κ3) is 3.72. The van der Waals surface area contributed by atoms with E-state index in [1.807, 2.05) is 30.3 Å². The van der Waals surface area contributed by atoms with E-state index in [2.05, 4.69) is 0 Å². The molecule has 2 aromatic carbocycles. The van der Waals surface area contributed by atoms with E-state index in [0.29, 0.717) is 24.3 Å². The summed E-state index contributed by atoms with van der Waals surface area (Å²) >= 11 is 1.10. The number of nitrogens with zero attached hydrogens (tertiary/aromatic N) is 2. The lowest BCUT2D eigenvalue weighted by atomic mass is 10.2. The second-order valence-electron chi connectivity index (χ2n) is 6.89. The van der Waals surface area contributed by atoms with Crippen LogP contribution in [-0.2, 0) is 16.6 Å². The van der Waals surface area contributed by atoms with Crippen LogP contribution in [-0.4, -0.2) is 30.4 Å². The van der Waals surface area contributed by atoms with Crippen molar-refractivity contribution in [2.45, 2.75) is 37.1 Å². The number of sulfonamides is 1. The van der Waals surface area contributed by atoms with Crippen LogP contribution < -0.4 is 4.87 Å². The molecule has 0 unspecified atom stereocenters. The molecule has 0 saturated carbocycles. The molecule has 0 radical (unpaired) electrons. The zero-order valence-corrected chi connectivity index (χ0v) is 16.6. The smallest absolute Gasteiger partial charge is 0.294 e. The summed E-state index contributed by atoms with van der Waals surface area (Å²) in [5.74, 6) is 0. The normalized spacial score (nSPS) is 16.4. The Balaban J connectivity index is 1.70. The zero-order chi connectivity index (χ0) is 18.9. The lowest BCUT2D eigenvalue weighted by Gasteiger charge is -2.19. The fourth-order valence-electron chi connectivity index (χ4n) is 3.55.